The number of benzene rings is 1. The van der Waals surface area contributed by atoms with Crippen molar-refractivity contribution in [1.82, 2.24) is 4.90 Å². The van der Waals surface area contributed by atoms with Crippen LogP contribution >= 0.6 is 11.6 Å². The molecule has 1 atom stereocenters. The van der Waals surface area contributed by atoms with Crippen LogP contribution in [-0.4, -0.2) is 42.0 Å². The van der Waals surface area contributed by atoms with Crippen LogP contribution in [0.5, 0.6) is 0 Å². The third-order valence-electron chi connectivity index (χ3n) is 3.50. The number of carbonyl (C=O) groups excluding carboxylic acids is 1. The number of nitro groups is 1. The van der Waals surface area contributed by atoms with Gasteiger partial charge in [-0.1, -0.05) is 17.7 Å². The van der Waals surface area contributed by atoms with E-state index in [-0.39, 0.29) is 22.4 Å². The Morgan fingerprint density at radius 2 is 2.29 bits per heavy atom. The molecule has 0 bridgehead atoms. The van der Waals surface area contributed by atoms with Crippen molar-refractivity contribution in [3.05, 3.63) is 38.9 Å². The molecule has 1 aliphatic rings. The standard InChI is InChI=1S/C14H17ClN2O4/c1-16(9-10-5-2-3-8-21-10)14(18)11-6-4-7-12(15)13(11)17(19)20/h4,6-7,10H,2-3,5,8-9H2,1H3. The predicted molar refractivity (Wildman–Crippen MR) is 78.7 cm³/mol. The van der Waals surface area contributed by atoms with Gasteiger partial charge in [0.25, 0.3) is 5.91 Å². The highest BCUT2D eigenvalue weighted by atomic mass is 35.5. The van der Waals surface area contributed by atoms with E-state index in [1.807, 2.05) is 0 Å². The van der Waals surface area contributed by atoms with Crippen LogP contribution in [0.25, 0.3) is 0 Å². The summed E-state index contributed by atoms with van der Waals surface area (Å²) in [6.07, 6.45) is 3.00. The maximum atomic E-state index is 12.4. The minimum atomic E-state index is -0.624. The lowest BCUT2D eigenvalue weighted by Gasteiger charge is -2.27. The molecule has 0 spiro atoms. The fourth-order valence-corrected chi connectivity index (χ4v) is 2.66. The molecule has 1 aromatic rings. The van der Waals surface area contributed by atoms with Crippen LogP contribution in [0.1, 0.15) is 29.6 Å². The molecule has 21 heavy (non-hydrogen) atoms. The second-order valence-corrected chi connectivity index (χ2v) is 5.47. The zero-order valence-corrected chi connectivity index (χ0v) is 12.5. The van der Waals surface area contributed by atoms with Gasteiger partial charge in [-0.2, -0.15) is 0 Å². The van der Waals surface area contributed by atoms with E-state index in [1.165, 1.54) is 23.1 Å². The lowest BCUT2D eigenvalue weighted by atomic mass is 10.1. The Hall–Kier alpha value is -1.66. The van der Waals surface area contributed by atoms with Crippen molar-refractivity contribution in [3.63, 3.8) is 0 Å². The predicted octanol–water partition coefficient (Wildman–Crippen LogP) is 2.89. The summed E-state index contributed by atoms with van der Waals surface area (Å²) in [6, 6.07) is 4.36. The average Bonchev–Trinajstić information content (AvgIpc) is 2.46. The molecule has 1 heterocycles. The number of hydrogen-bond donors (Lipinski definition) is 0. The van der Waals surface area contributed by atoms with Crippen molar-refractivity contribution in [1.29, 1.82) is 0 Å². The molecule has 7 heteroatoms. The van der Waals surface area contributed by atoms with Crippen molar-refractivity contribution in [3.8, 4) is 0 Å². The van der Waals surface area contributed by atoms with Crippen LogP contribution in [0, 0.1) is 10.1 Å². The van der Waals surface area contributed by atoms with Crippen molar-refractivity contribution in [2.75, 3.05) is 20.2 Å². The van der Waals surface area contributed by atoms with E-state index in [0.717, 1.165) is 19.3 Å². The Balaban J connectivity index is 2.15. The lowest BCUT2D eigenvalue weighted by molar-refractivity contribution is -0.385. The molecule has 1 fully saturated rings. The first-order valence-electron chi connectivity index (χ1n) is 6.80. The monoisotopic (exact) mass is 312 g/mol. The molecule has 0 N–H and O–H groups in total. The highest BCUT2D eigenvalue weighted by Crippen LogP contribution is 2.29. The number of ether oxygens (including phenoxy) is 1. The molecule has 1 amide bonds. The smallest absolute Gasteiger partial charge is 0.300 e. The van der Waals surface area contributed by atoms with Crippen molar-refractivity contribution in [2.45, 2.75) is 25.4 Å². The topological polar surface area (TPSA) is 72.7 Å². The minimum Gasteiger partial charge on any atom is -0.376 e. The van der Waals surface area contributed by atoms with E-state index in [0.29, 0.717) is 13.2 Å². The van der Waals surface area contributed by atoms with Crippen molar-refractivity contribution in [2.24, 2.45) is 0 Å². The fraction of sp³-hybridized carbons (Fsp3) is 0.500. The van der Waals surface area contributed by atoms with E-state index in [4.69, 9.17) is 16.3 Å². The molecule has 0 radical (unpaired) electrons. The Kier molecular flexibility index (Phi) is 5.14. The fourth-order valence-electron chi connectivity index (χ4n) is 2.42. The minimum absolute atomic E-state index is 0.00538. The molecule has 1 aromatic carbocycles. The Morgan fingerprint density at radius 1 is 1.52 bits per heavy atom. The van der Waals surface area contributed by atoms with Gasteiger partial charge in [0.15, 0.2) is 0 Å². The van der Waals surface area contributed by atoms with Crippen LogP contribution in [0.15, 0.2) is 18.2 Å². The summed E-state index contributed by atoms with van der Waals surface area (Å²) in [5.74, 6) is -0.418. The molecule has 1 aliphatic heterocycles. The van der Waals surface area contributed by atoms with Gasteiger partial charge < -0.3 is 9.64 Å². The number of nitrogens with zero attached hydrogens (tertiary/aromatic N) is 2. The molecule has 6 nitrogen and oxygen atoms in total. The molecule has 0 aliphatic carbocycles. The van der Waals surface area contributed by atoms with E-state index < -0.39 is 10.8 Å². The maximum absolute atomic E-state index is 12.4. The van der Waals surface area contributed by atoms with E-state index in [1.54, 1.807) is 7.05 Å². The van der Waals surface area contributed by atoms with E-state index in [9.17, 15) is 14.9 Å². The van der Waals surface area contributed by atoms with Crippen molar-refractivity contribution >= 4 is 23.2 Å². The zero-order valence-electron chi connectivity index (χ0n) is 11.8. The summed E-state index contributed by atoms with van der Waals surface area (Å²) in [5, 5.41) is 11.1. The third-order valence-corrected chi connectivity index (χ3v) is 3.80. The molecule has 1 saturated heterocycles. The van der Waals surface area contributed by atoms with Gasteiger partial charge in [0.2, 0.25) is 0 Å². The summed E-state index contributed by atoms with van der Waals surface area (Å²) in [4.78, 5) is 24.3. The van der Waals surface area contributed by atoms with Crippen LogP contribution in [0.3, 0.4) is 0 Å². The zero-order chi connectivity index (χ0) is 15.4. The number of para-hydroxylation sites is 1. The van der Waals surface area contributed by atoms with Gasteiger partial charge in [-0.3, -0.25) is 14.9 Å². The van der Waals surface area contributed by atoms with E-state index in [2.05, 4.69) is 0 Å². The molecular weight excluding hydrogens is 296 g/mol. The van der Waals surface area contributed by atoms with Gasteiger partial charge in [0, 0.05) is 20.2 Å². The largest absolute Gasteiger partial charge is 0.376 e. The second kappa shape index (κ2) is 6.87. The summed E-state index contributed by atoms with van der Waals surface area (Å²) in [6.45, 7) is 1.12. The number of nitro benzene ring substituents is 1. The van der Waals surface area contributed by atoms with Gasteiger partial charge >= 0.3 is 5.69 Å². The van der Waals surface area contributed by atoms with Gasteiger partial charge in [0.05, 0.1) is 11.0 Å². The molecular formula is C14H17ClN2O4. The Labute approximate surface area is 127 Å². The molecule has 0 saturated carbocycles. The van der Waals surface area contributed by atoms with Crippen LogP contribution in [0.4, 0.5) is 5.69 Å². The number of halogens is 1. The molecule has 0 aromatic heterocycles. The number of likely N-dealkylation sites (N-methyl/N-ethyl adjacent to an activating group) is 1. The van der Waals surface area contributed by atoms with Gasteiger partial charge in [-0.05, 0) is 31.4 Å². The van der Waals surface area contributed by atoms with Gasteiger partial charge in [-0.25, -0.2) is 0 Å². The first-order valence-corrected chi connectivity index (χ1v) is 7.18. The first kappa shape index (κ1) is 15.7. The average molecular weight is 313 g/mol. The highest BCUT2D eigenvalue weighted by Gasteiger charge is 2.27. The van der Waals surface area contributed by atoms with Gasteiger partial charge in [0.1, 0.15) is 10.6 Å². The summed E-state index contributed by atoms with van der Waals surface area (Å²) < 4.78 is 5.58. The normalized spacial score (nSPS) is 18.3. The number of carbonyl (C=O) groups is 1. The molecule has 1 unspecified atom stereocenters. The SMILES string of the molecule is CN(CC1CCCCO1)C(=O)c1cccc(Cl)c1[N+](=O)[O-]. The maximum Gasteiger partial charge on any atom is 0.300 e. The summed E-state index contributed by atoms with van der Waals surface area (Å²) in [5.41, 5.74) is -0.341. The van der Waals surface area contributed by atoms with Crippen LogP contribution < -0.4 is 0 Å². The Bertz CT molecular complexity index is 544. The van der Waals surface area contributed by atoms with Crippen LogP contribution in [-0.2, 0) is 4.74 Å². The lowest BCUT2D eigenvalue weighted by Crippen LogP contribution is -2.37. The third kappa shape index (κ3) is 3.71. The van der Waals surface area contributed by atoms with Crippen LogP contribution in [0.2, 0.25) is 5.02 Å². The summed E-state index contributed by atoms with van der Waals surface area (Å²) >= 11 is 5.83. The Morgan fingerprint density at radius 3 is 2.90 bits per heavy atom. The molecule has 114 valence electrons. The highest BCUT2D eigenvalue weighted by molar-refractivity contribution is 6.33. The first-order chi connectivity index (χ1) is 10.0. The summed E-state index contributed by atoms with van der Waals surface area (Å²) in [7, 11) is 1.62. The van der Waals surface area contributed by atoms with E-state index >= 15 is 0 Å². The van der Waals surface area contributed by atoms with Crippen molar-refractivity contribution < 1.29 is 14.5 Å². The number of hydrogen-bond acceptors (Lipinski definition) is 4. The quantitative estimate of drug-likeness (QED) is 0.633. The number of amides is 1. The molecule has 2 rings (SSSR count). The van der Waals surface area contributed by atoms with Gasteiger partial charge in [-0.15, -0.1) is 0 Å². The number of rotatable bonds is 4. The second-order valence-electron chi connectivity index (χ2n) is 5.07.